The van der Waals surface area contributed by atoms with Crippen molar-refractivity contribution in [2.75, 3.05) is 0 Å². The molecule has 0 saturated carbocycles. The number of aromatic nitrogens is 1. The van der Waals surface area contributed by atoms with Crippen LogP contribution in [-0.4, -0.2) is 4.34 Å². The van der Waals surface area contributed by atoms with Gasteiger partial charge >= 0.3 is 0 Å². The molecule has 0 aliphatic rings. The fraction of sp³-hybridized carbons (Fsp3) is 0. The van der Waals surface area contributed by atoms with Gasteiger partial charge in [-0.25, -0.2) is 0 Å². The first-order chi connectivity index (χ1) is 2.89. The highest BCUT2D eigenvalue weighted by atomic mass is 79.9. The van der Waals surface area contributed by atoms with Crippen molar-refractivity contribution >= 4 is 26.4 Å². The van der Waals surface area contributed by atoms with Crippen LogP contribution in [0.5, 0.6) is 0 Å². The molecule has 0 radical (unpaired) electrons. The van der Waals surface area contributed by atoms with Crippen LogP contribution in [-0.2, 0) is 0 Å². The third-order valence-electron chi connectivity index (χ3n) is 0.628. The smallest absolute Gasteiger partial charge is 0.00677 e. The summed E-state index contributed by atoms with van der Waals surface area (Å²) in [6.07, 6.45) is 3.93. The SMILES string of the molecule is Br.Pn1cccc1. The van der Waals surface area contributed by atoms with Gasteiger partial charge in [-0.1, -0.05) is 0 Å². The molecule has 0 aliphatic carbocycles. The van der Waals surface area contributed by atoms with E-state index in [0.717, 1.165) is 0 Å². The van der Waals surface area contributed by atoms with E-state index in [-0.39, 0.29) is 17.0 Å². The van der Waals surface area contributed by atoms with Crippen LogP contribution in [0.4, 0.5) is 0 Å². The Morgan fingerprint density at radius 1 is 1.14 bits per heavy atom. The summed E-state index contributed by atoms with van der Waals surface area (Å²) < 4.78 is 1.92. The number of rotatable bonds is 0. The van der Waals surface area contributed by atoms with Gasteiger partial charge in [-0.15, -0.1) is 17.0 Å². The van der Waals surface area contributed by atoms with Crippen molar-refractivity contribution in [1.82, 2.24) is 4.34 Å². The van der Waals surface area contributed by atoms with E-state index in [2.05, 4.69) is 9.39 Å². The molecule has 0 bridgehead atoms. The highest BCUT2D eigenvalue weighted by Gasteiger charge is 1.68. The van der Waals surface area contributed by atoms with Crippen LogP contribution in [0.15, 0.2) is 24.5 Å². The van der Waals surface area contributed by atoms with E-state index in [1.807, 2.05) is 28.9 Å². The van der Waals surface area contributed by atoms with Gasteiger partial charge in [0.1, 0.15) is 0 Å². The Bertz CT molecular complexity index is 115. The van der Waals surface area contributed by atoms with Crippen molar-refractivity contribution in [3.63, 3.8) is 0 Å². The first-order valence-electron chi connectivity index (χ1n) is 1.77. The minimum atomic E-state index is 0. The van der Waals surface area contributed by atoms with Gasteiger partial charge in [0.15, 0.2) is 0 Å². The molecular weight excluding hydrogens is 173 g/mol. The van der Waals surface area contributed by atoms with Gasteiger partial charge < -0.3 is 4.34 Å². The second kappa shape index (κ2) is 3.23. The molecule has 0 aliphatic heterocycles. The lowest BCUT2D eigenvalue weighted by Crippen LogP contribution is -1.61. The second-order valence-electron chi connectivity index (χ2n) is 1.13. The first-order valence-corrected chi connectivity index (χ1v) is 2.29. The van der Waals surface area contributed by atoms with Crippen molar-refractivity contribution < 1.29 is 0 Å². The van der Waals surface area contributed by atoms with Gasteiger partial charge in [-0.3, -0.25) is 0 Å². The second-order valence-corrected chi connectivity index (χ2v) is 1.73. The Balaban J connectivity index is 0.000000360. The van der Waals surface area contributed by atoms with Crippen LogP contribution in [0.25, 0.3) is 0 Å². The highest BCUT2D eigenvalue weighted by Crippen LogP contribution is 1.91. The molecule has 1 aromatic rings. The van der Waals surface area contributed by atoms with E-state index in [0.29, 0.717) is 0 Å². The predicted octanol–water partition coefficient (Wildman–Crippen LogP) is 1.70. The maximum absolute atomic E-state index is 2.53. The van der Waals surface area contributed by atoms with Crippen LogP contribution in [0.2, 0.25) is 0 Å². The average Bonchev–Trinajstić information content (AvgIpc) is 1.86. The summed E-state index contributed by atoms with van der Waals surface area (Å²) in [7, 11) is 2.53. The van der Waals surface area contributed by atoms with Crippen molar-refractivity contribution in [3.05, 3.63) is 24.5 Å². The standard InChI is InChI=1S/C4H6NP.BrH/c6-5-3-1-2-4-5;/h1-4H,6H2;1H. The average molecular weight is 180 g/mol. The molecule has 0 spiro atoms. The largest absolute Gasteiger partial charge is 0.339 e. The molecule has 1 rings (SSSR count). The first kappa shape index (κ1) is 7.19. The van der Waals surface area contributed by atoms with Gasteiger partial charge in [-0.2, -0.15) is 0 Å². The quantitative estimate of drug-likeness (QED) is 0.535. The third-order valence-corrected chi connectivity index (χ3v) is 0.972. The topological polar surface area (TPSA) is 4.93 Å². The Hall–Kier alpha value is 0.190. The summed E-state index contributed by atoms with van der Waals surface area (Å²) in [5.74, 6) is 0. The molecule has 7 heavy (non-hydrogen) atoms. The van der Waals surface area contributed by atoms with Crippen molar-refractivity contribution in [3.8, 4) is 0 Å². The molecule has 0 saturated heterocycles. The molecular formula is C4H7BrNP. The summed E-state index contributed by atoms with van der Waals surface area (Å²) in [5.41, 5.74) is 0. The molecule has 3 heteroatoms. The van der Waals surface area contributed by atoms with Gasteiger partial charge in [0.25, 0.3) is 0 Å². The maximum Gasteiger partial charge on any atom is 0.00677 e. The van der Waals surface area contributed by atoms with Crippen LogP contribution < -0.4 is 0 Å². The Labute approximate surface area is 55.7 Å². The lowest BCUT2D eigenvalue weighted by molar-refractivity contribution is 1.29. The lowest BCUT2D eigenvalue weighted by Gasteiger charge is -1.78. The van der Waals surface area contributed by atoms with E-state index in [4.69, 9.17) is 0 Å². The number of hydrogen-bond acceptors (Lipinski definition) is 0. The Morgan fingerprint density at radius 2 is 1.57 bits per heavy atom. The van der Waals surface area contributed by atoms with Crippen molar-refractivity contribution in [1.29, 1.82) is 0 Å². The van der Waals surface area contributed by atoms with Crippen molar-refractivity contribution in [2.24, 2.45) is 0 Å². The summed E-state index contributed by atoms with van der Waals surface area (Å²) in [6.45, 7) is 0. The maximum atomic E-state index is 2.53. The van der Waals surface area contributed by atoms with E-state index in [1.165, 1.54) is 0 Å². The van der Waals surface area contributed by atoms with Crippen LogP contribution in [0.1, 0.15) is 0 Å². The monoisotopic (exact) mass is 179 g/mol. The fourth-order valence-electron chi connectivity index (χ4n) is 0.348. The van der Waals surface area contributed by atoms with E-state index < -0.39 is 0 Å². The van der Waals surface area contributed by atoms with Crippen LogP contribution >= 0.6 is 26.4 Å². The summed E-state index contributed by atoms with van der Waals surface area (Å²) in [4.78, 5) is 0. The highest BCUT2D eigenvalue weighted by molar-refractivity contribution is 8.93. The molecule has 0 aromatic carbocycles. The normalized spacial score (nSPS) is 7.57. The molecule has 1 unspecified atom stereocenters. The number of halogens is 1. The van der Waals surface area contributed by atoms with Crippen LogP contribution in [0.3, 0.4) is 0 Å². The van der Waals surface area contributed by atoms with E-state index >= 15 is 0 Å². The van der Waals surface area contributed by atoms with E-state index in [1.54, 1.807) is 0 Å². The van der Waals surface area contributed by atoms with Gasteiger partial charge in [0.2, 0.25) is 0 Å². The van der Waals surface area contributed by atoms with Crippen LogP contribution in [0, 0.1) is 0 Å². The summed E-state index contributed by atoms with van der Waals surface area (Å²) in [5, 5.41) is 0. The summed E-state index contributed by atoms with van der Waals surface area (Å²) in [6, 6.07) is 3.96. The number of hydrogen-bond donors (Lipinski definition) is 0. The molecule has 1 nitrogen and oxygen atoms in total. The van der Waals surface area contributed by atoms with Gasteiger partial charge in [0, 0.05) is 12.4 Å². The predicted molar refractivity (Wildman–Crippen MR) is 39.9 cm³/mol. The fourth-order valence-corrected chi connectivity index (χ4v) is 0.547. The zero-order valence-corrected chi connectivity index (χ0v) is 6.61. The molecule has 0 fully saturated rings. The zero-order valence-electron chi connectivity index (χ0n) is 3.74. The molecule has 0 amide bonds. The molecule has 1 heterocycles. The third kappa shape index (κ3) is 2.10. The molecule has 40 valence electrons. The zero-order chi connectivity index (χ0) is 4.41. The molecule has 1 aromatic heterocycles. The van der Waals surface area contributed by atoms with E-state index in [9.17, 15) is 0 Å². The number of nitrogens with zero attached hydrogens (tertiary/aromatic N) is 1. The van der Waals surface area contributed by atoms with Crippen molar-refractivity contribution in [2.45, 2.75) is 0 Å². The minimum absolute atomic E-state index is 0. The molecule has 0 N–H and O–H groups in total. The summed E-state index contributed by atoms with van der Waals surface area (Å²) >= 11 is 0. The van der Waals surface area contributed by atoms with Gasteiger partial charge in [-0.05, 0) is 21.5 Å². The molecule has 1 atom stereocenters. The van der Waals surface area contributed by atoms with Gasteiger partial charge in [0.05, 0.1) is 0 Å². The Morgan fingerprint density at radius 3 is 1.71 bits per heavy atom. The Kier molecular flexibility index (Phi) is 3.31. The minimum Gasteiger partial charge on any atom is -0.339 e. The lowest BCUT2D eigenvalue weighted by atomic mass is 10.7.